The van der Waals surface area contributed by atoms with Gasteiger partial charge in [0.05, 0.1) is 21.3 Å². The van der Waals surface area contributed by atoms with Crippen molar-refractivity contribution in [1.82, 2.24) is 26.1 Å². The van der Waals surface area contributed by atoms with Crippen molar-refractivity contribution in [2.24, 2.45) is 0 Å². The summed E-state index contributed by atoms with van der Waals surface area (Å²) in [5.74, 6) is 0.125. The molecule has 4 heterocycles. The standard InChI is InChI=1S/C23H25F3N6O4S2/c1-22(2,3)35-21(34)28-11-7-8-32(10-11)14-6-4-5-12-15(14)37-17(16(12)38-23(24,25)26)18-30-19(36-31-18)13-9-27-20(33)29-13/h4-6,11,13H,7-10H2,1-3H3,(H,28,34)(H2,27,29,33)/t11?,13-/m1/s1. The SMILES string of the molecule is CC(C)(C)OC(=O)NC1CCN(c2cccc3c(SC(F)(F)F)c(-c4noc([C@H]5CNC(=O)N5)n4)sc23)C1. The second-order valence-electron chi connectivity index (χ2n) is 9.90. The van der Waals surface area contributed by atoms with Crippen LogP contribution < -0.4 is 20.9 Å². The largest absolute Gasteiger partial charge is 0.446 e. The van der Waals surface area contributed by atoms with E-state index in [2.05, 4.69) is 26.1 Å². The van der Waals surface area contributed by atoms with E-state index in [1.54, 1.807) is 32.9 Å². The second kappa shape index (κ2) is 9.84. The van der Waals surface area contributed by atoms with Crippen molar-refractivity contribution in [2.75, 3.05) is 24.5 Å². The number of benzene rings is 1. The molecule has 10 nitrogen and oxygen atoms in total. The van der Waals surface area contributed by atoms with E-state index in [4.69, 9.17) is 9.26 Å². The summed E-state index contributed by atoms with van der Waals surface area (Å²) >= 11 is 0.928. The summed E-state index contributed by atoms with van der Waals surface area (Å²) in [7, 11) is 0. The number of ether oxygens (including phenoxy) is 1. The second-order valence-corrected chi connectivity index (χ2v) is 12.0. The van der Waals surface area contributed by atoms with Crippen molar-refractivity contribution < 1.29 is 32.0 Å². The number of rotatable bonds is 5. The van der Waals surface area contributed by atoms with Crippen molar-refractivity contribution in [3.05, 3.63) is 24.1 Å². The number of aromatic nitrogens is 2. The van der Waals surface area contributed by atoms with Gasteiger partial charge in [-0.3, -0.25) is 0 Å². The highest BCUT2D eigenvalue weighted by Crippen LogP contribution is 2.51. The lowest BCUT2D eigenvalue weighted by molar-refractivity contribution is -0.0327. The Bertz CT molecular complexity index is 1370. The number of halogens is 3. The maximum atomic E-state index is 13.6. The van der Waals surface area contributed by atoms with E-state index >= 15 is 0 Å². The van der Waals surface area contributed by atoms with Crippen LogP contribution in [0.2, 0.25) is 0 Å². The molecule has 2 saturated heterocycles. The fourth-order valence-corrected chi connectivity index (χ4v) is 6.51. The average molecular weight is 571 g/mol. The Balaban J connectivity index is 1.45. The van der Waals surface area contributed by atoms with Gasteiger partial charge in [-0.05, 0) is 45.0 Å². The number of carbonyl (C=O) groups is 2. The average Bonchev–Trinajstić information content (AvgIpc) is 3.58. The van der Waals surface area contributed by atoms with E-state index in [1.165, 1.54) is 0 Å². The third kappa shape index (κ3) is 5.77. The third-order valence-electron chi connectivity index (χ3n) is 5.83. The molecule has 1 aromatic carbocycles. The van der Waals surface area contributed by atoms with E-state index in [0.717, 1.165) is 17.0 Å². The van der Waals surface area contributed by atoms with Crippen LogP contribution >= 0.6 is 23.1 Å². The minimum absolute atomic E-state index is 0.0112. The fourth-order valence-electron chi connectivity index (χ4n) is 4.34. The van der Waals surface area contributed by atoms with Gasteiger partial charge in [0.15, 0.2) is 0 Å². The van der Waals surface area contributed by atoms with Crippen LogP contribution in [0, 0.1) is 0 Å². The Morgan fingerprint density at radius 1 is 1.32 bits per heavy atom. The van der Waals surface area contributed by atoms with Crippen LogP contribution in [-0.4, -0.2) is 59.1 Å². The van der Waals surface area contributed by atoms with E-state index in [9.17, 15) is 22.8 Å². The molecule has 0 saturated carbocycles. The van der Waals surface area contributed by atoms with Crippen molar-refractivity contribution in [1.29, 1.82) is 0 Å². The van der Waals surface area contributed by atoms with Gasteiger partial charge < -0.3 is 30.1 Å². The molecule has 0 bridgehead atoms. The summed E-state index contributed by atoms with van der Waals surface area (Å²) in [5, 5.41) is 12.4. The number of hydrogen-bond donors (Lipinski definition) is 3. The topological polar surface area (TPSA) is 122 Å². The maximum absolute atomic E-state index is 13.6. The van der Waals surface area contributed by atoms with E-state index in [-0.39, 0.29) is 51.9 Å². The van der Waals surface area contributed by atoms with Gasteiger partial charge >= 0.3 is 17.6 Å². The van der Waals surface area contributed by atoms with Crippen LogP contribution in [0.3, 0.4) is 0 Å². The molecule has 2 atom stereocenters. The first-order valence-electron chi connectivity index (χ1n) is 11.8. The first-order chi connectivity index (χ1) is 17.9. The fraction of sp³-hybridized carbons (Fsp3) is 0.478. The molecule has 3 aromatic rings. The third-order valence-corrected chi connectivity index (χ3v) is 8.04. The van der Waals surface area contributed by atoms with Gasteiger partial charge in [0.2, 0.25) is 5.82 Å². The molecule has 0 radical (unpaired) electrons. The molecule has 204 valence electrons. The van der Waals surface area contributed by atoms with Crippen LogP contribution in [-0.2, 0) is 4.74 Å². The van der Waals surface area contributed by atoms with Gasteiger partial charge in [-0.1, -0.05) is 17.3 Å². The smallest absolute Gasteiger partial charge is 0.444 e. The molecule has 3 N–H and O–H groups in total. The number of thioether (sulfide) groups is 1. The normalized spacial score (nSPS) is 20.1. The van der Waals surface area contributed by atoms with Gasteiger partial charge in [-0.15, -0.1) is 11.3 Å². The number of anilines is 1. The van der Waals surface area contributed by atoms with Crippen LogP contribution in [0.5, 0.6) is 0 Å². The van der Waals surface area contributed by atoms with Crippen LogP contribution in [0.4, 0.5) is 28.4 Å². The highest BCUT2D eigenvalue weighted by molar-refractivity contribution is 8.00. The lowest BCUT2D eigenvalue weighted by atomic mass is 10.2. The number of amides is 3. The summed E-state index contributed by atoms with van der Waals surface area (Å²) in [6, 6.07) is 4.08. The number of nitrogens with one attached hydrogen (secondary N) is 3. The molecular weight excluding hydrogens is 545 g/mol. The Hall–Kier alpha value is -3.20. The molecule has 2 aromatic heterocycles. The highest BCUT2D eigenvalue weighted by atomic mass is 32.2. The van der Waals surface area contributed by atoms with Crippen LogP contribution in [0.1, 0.15) is 39.1 Å². The zero-order valence-corrected chi connectivity index (χ0v) is 22.3. The summed E-state index contributed by atoms with van der Waals surface area (Å²) in [6.07, 6.45) is 0.152. The monoisotopic (exact) mass is 570 g/mol. The maximum Gasteiger partial charge on any atom is 0.446 e. The number of fused-ring (bicyclic) bond motifs is 1. The molecule has 2 aliphatic rings. The van der Waals surface area contributed by atoms with E-state index < -0.39 is 23.2 Å². The van der Waals surface area contributed by atoms with Crippen molar-refractivity contribution >= 4 is 51.0 Å². The lowest BCUT2D eigenvalue weighted by Crippen LogP contribution is -2.40. The van der Waals surface area contributed by atoms with Gasteiger partial charge in [0.1, 0.15) is 11.6 Å². The van der Waals surface area contributed by atoms with Gasteiger partial charge in [-0.2, -0.15) is 18.2 Å². The van der Waals surface area contributed by atoms with Gasteiger partial charge in [-0.25, -0.2) is 9.59 Å². The molecular formula is C23H25F3N6O4S2. The molecule has 1 unspecified atom stereocenters. The Morgan fingerprint density at radius 2 is 2.11 bits per heavy atom. The molecule has 0 aliphatic carbocycles. The van der Waals surface area contributed by atoms with Crippen molar-refractivity contribution in [3.63, 3.8) is 0 Å². The molecule has 3 amide bonds. The zero-order chi connectivity index (χ0) is 27.2. The van der Waals surface area contributed by atoms with Gasteiger partial charge in [0.25, 0.3) is 5.89 Å². The number of hydrogen-bond acceptors (Lipinski definition) is 9. The minimum atomic E-state index is -4.54. The number of alkyl carbamates (subject to hydrolysis) is 1. The Kier molecular flexibility index (Phi) is 6.84. The summed E-state index contributed by atoms with van der Waals surface area (Å²) in [6.45, 7) is 6.67. The minimum Gasteiger partial charge on any atom is -0.444 e. The summed E-state index contributed by atoms with van der Waals surface area (Å²) in [4.78, 5) is 30.2. The quantitative estimate of drug-likeness (QED) is 0.366. The molecule has 2 fully saturated rings. The van der Waals surface area contributed by atoms with Crippen molar-refractivity contribution in [2.45, 2.75) is 55.3 Å². The highest BCUT2D eigenvalue weighted by Gasteiger charge is 2.36. The number of carbonyl (C=O) groups excluding carboxylic acids is 2. The van der Waals surface area contributed by atoms with Crippen LogP contribution in [0.25, 0.3) is 20.8 Å². The first-order valence-corrected chi connectivity index (χ1v) is 13.4. The summed E-state index contributed by atoms with van der Waals surface area (Å²) in [5.41, 5.74) is -4.40. The lowest BCUT2D eigenvalue weighted by Gasteiger charge is -2.22. The van der Waals surface area contributed by atoms with Gasteiger partial charge in [0, 0.05) is 29.9 Å². The summed E-state index contributed by atoms with van der Waals surface area (Å²) < 4.78 is 52.1. The number of alkyl halides is 3. The van der Waals surface area contributed by atoms with Crippen molar-refractivity contribution in [3.8, 4) is 10.7 Å². The van der Waals surface area contributed by atoms with Crippen LogP contribution in [0.15, 0.2) is 27.6 Å². The molecule has 15 heteroatoms. The molecule has 38 heavy (non-hydrogen) atoms. The number of nitrogens with zero attached hydrogens (tertiary/aromatic N) is 3. The number of urea groups is 1. The van der Waals surface area contributed by atoms with E-state index in [1.807, 2.05) is 11.0 Å². The Labute approximate surface area is 223 Å². The molecule has 0 spiro atoms. The molecule has 2 aliphatic heterocycles. The van der Waals surface area contributed by atoms with E-state index in [0.29, 0.717) is 29.6 Å². The Morgan fingerprint density at radius 3 is 2.79 bits per heavy atom. The zero-order valence-electron chi connectivity index (χ0n) is 20.6. The predicted molar refractivity (Wildman–Crippen MR) is 136 cm³/mol. The first kappa shape index (κ1) is 26.4. The molecule has 5 rings (SSSR count). The number of thiophene rings is 1. The predicted octanol–water partition coefficient (Wildman–Crippen LogP) is 5.02.